The SMILES string of the molecule is CNc1cc2ccccc2cc1C=O. The Hall–Kier alpha value is -1.83. The fourth-order valence-electron chi connectivity index (χ4n) is 1.57. The minimum absolute atomic E-state index is 0.700. The number of rotatable bonds is 2. The normalized spacial score (nSPS) is 10.1. The highest BCUT2D eigenvalue weighted by Crippen LogP contribution is 2.22. The van der Waals surface area contributed by atoms with Crippen molar-refractivity contribution in [2.45, 2.75) is 0 Å². The van der Waals surface area contributed by atoms with Gasteiger partial charge in [-0.1, -0.05) is 24.3 Å². The Kier molecular flexibility index (Phi) is 2.19. The number of fused-ring (bicyclic) bond motifs is 1. The van der Waals surface area contributed by atoms with Gasteiger partial charge in [0.15, 0.2) is 6.29 Å². The standard InChI is InChI=1S/C12H11NO/c1-13-12-7-10-5-3-2-4-9(10)6-11(12)8-14/h2-8,13H,1H3. The molecule has 0 saturated heterocycles. The van der Waals surface area contributed by atoms with Crippen LogP contribution in [0.5, 0.6) is 0 Å². The molecular formula is C12H11NO. The van der Waals surface area contributed by atoms with Crippen LogP contribution in [0.15, 0.2) is 36.4 Å². The first-order valence-corrected chi connectivity index (χ1v) is 4.51. The molecule has 0 aromatic heterocycles. The van der Waals surface area contributed by atoms with Crippen LogP contribution in [0.2, 0.25) is 0 Å². The predicted molar refractivity (Wildman–Crippen MR) is 58.9 cm³/mol. The first-order valence-electron chi connectivity index (χ1n) is 4.51. The van der Waals surface area contributed by atoms with Crippen molar-refractivity contribution in [1.29, 1.82) is 0 Å². The topological polar surface area (TPSA) is 29.1 Å². The molecule has 0 radical (unpaired) electrons. The van der Waals surface area contributed by atoms with Crippen LogP contribution in [-0.4, -0.2) is 13.3 Å². The Morgan fingerprint density at radius 3 is 2.36 bits per heavy atom. The Morgan fingerprint density at radius 1 is 1.14 bits per heavy atom. The second-order valence-corrected chi connectivity index (χ2v) is 3.15. The molecule has 0 aliphatic heterocycles. The maximum absolute atomic E-state index is 10.8. The van der Waals surface area contributed by atoms with Gasteiger partial charge in [0, 0.05) is 18.3 Å². The van der Waals surface area contributed by atoms with Crippen molar-refractivity contribution in [2.24, 2.45) is 0 Å². The Morgan fingerprint density at radius 2 is 1.79 bits per heavy atom. The average molecular weight is 185 g/mol. The van der Waals surface area contributed by atoms with Crippen LogP contribution in [0.1, 0.15) is 10.4 Å². The number of aldehydes is 1. The second kappa shape index (κ2) is 3.50. The number of hydrogen-bond acceptors (Lipinski definition) is 2. The monoisotopic (exact) mass is 185 g/mol. The molecule has 0 fully saturated rings. The summed E-state index contributed by atoms with van der Waals surface area (Å²) < 4.78 is 0. The van der Waals surface area contributed by atoms with Gasteiger partial charge in [0.1, 0.15) is 0 Å². The quantitative estimate of drug-likeness (QED) is 0.729. The zero-order chi connectivity index (χ0) is 9.97. The van der Waals surface area contributed by atoms with E-state index in [1.165, 1.54) is 0 Å². The van der Waals surface area contributed by atoms with E-state index < -0.39 is 0 Å². The lowest BCUT2D eigenvalue weighted by molar-refractivity contribution is 0.112. The summed E-state index contributed by atoms with van der Waals surface area (Å²) >= 11 is 0. The lowest BCUT2D eigenvalue weighted by Gasteiger charge is -2.05. The smallest absolute Gasteiger partial charge is 0.152 e. The third kappa shape index (κ3) is 1.35. The van der Waals surface area contributed by atoms with E-state index in [0.29, 0.717) is 5.56 Å². The molecule has 0 atom stereocenters. The van der Waals surface area contributed by atoms with E-state index in [9.17, 15) is 4.79 Å². The molecule has 2 rings (SSSR count). The molecule has 2 heteroatoms. The fraction of sp³-hybridized carbons (Fsp3) is 0.0833. The molecule has 0 aliphatic rings. The van der Waals surface area contributed by atoms with Crippen molar-refractivity contribution in [2.75, 3.05) is 12.4 Å². The van der Waals surface area contributed by atoms with Crippen LogP contribution in [0.4, 0.5) is 5.69 Å². The maximum Gasteiger partial charge on any atom is 0.152 e. The van der Waals surface area contributed by atoms with Gasteiger partial charge < -0.3 is 5.32 Å². The minimum Gasteiger partial charge on any atom is -0.388 e. The van der Waals surface area contributed by atoms with Gasteiger partial charge in [-0.05, 0) is 22.9 Å². The van der Waals surface area contributed by atoms with Gasteiger partial charge in [-0.25, -0.2) is 0 Å². The van der Waals surface area contributed by atoms with Gasteiger partial charge in [0.25, 0.3) is 0 Å². The van der Waals surface area contributed by atoms with Gasteiger partial charge in [-0.15, -0.1) is 0 Å². The number of nitrogens with one attached hydrogen (secondary N) is 1. The van der Waals surface area contributed by atoms with E-state index in [0.717, 1.165) is 22.7 Å². The summed E-state index contributed by atoms with van der Waals surface area (Å²) in [7, 11) is 1.82. The molecule has 70 valence electrons. The van der Waals surface area contributed by atoms with Crippen LogP contribution in [0, 0.1) is 0 Å². The molecule has 0 bridgehead atoms. The summed E-state index contributed by atoms with van der Waals surface area (Å²) in [6, 6.07) is 11.9. The van der Waals surface area contributed by atoms with Crippen LogP contribution in [-0.2, 0) is 0 Å². The van der Waals surface area contributed by atoms with E-state index in [2.05, 4.69) is 5.32 Å². The summed E-state index contributed by atoms with van der Waals surface area (Å²) in [5, 5.41) is 5.24. The van der Waals surface area contributed by atoms with Gasteiger partial charge in [0.05, 0.1) is 0 Å². The molecule has 0 heterocycles. The molecule has 1 N–H and O–H groups in total. The van der Waals surface area contributed by atoms with E-state index in [4.69, 9.17) is 0 Å². The molecule has 0 unspecified atom stereocenters. The molecule has 2 aromatic carbocycles. The van der Waals surface area contributed by atoms with Crippen LogP contribution < -0.4 is 5.32 Å². The fourth-order valence-corrected chi connectivity index (χ4v) is 1.57. The maximum atomic E-state index is 10.8. The van der Waals surface area contributed by atoms with Crippen molar-refractivity contribution in [3.05, 3.63) is 42.0 Å². The molecule has 0 aliphatic carbocycles. The number of anilines is 1. The highest BCUT2D eigenvalue weighted by Gasteiger charge is 2.01. The van der Waals surface area contributed by atoms with E-state index >= 15 is 0 Å². The summed E-state index contributed by atoms with van der Waals surface area (Å²) in [6.07, 6.45) is 0.873. The highest BCUT2D eigenvalue weighted by molar-refractivity contribution is 5.95. The van der Waals surface area contributed by atoms with E-state index in [1.807, 2.05) is 43.4 Å². The Balaban J connectivity index is 2.75. The summed E-state index contributed by atoms with van der Waals surface area (Å²) in [5.41, 5.74) is 1.57. The largest absolute Gasteiger partial charge is 0.388 e. The molecule has 14 heavy (non-hydrogen) atoms. The second-order valence-electron chi connectivity index (χ2n) is 3.15. The number of carbonyl (C=O) groups is 1. The number of hydrogen-bond donors (Lipinski definition) is 1. The van der Waals surface area contributed by atoms with Crippen molar-refractivity contribution in [1.82, 2.24) is 0 Å². The van der Waals surface area contributed by atoms with Gasteiger partial charge in [-0.3, -0.25) is 4.79 Å². The Labute approximate surface area is 82.6 Å². The Bertz CT molecular complexity index is 477. The molecule has 2 aromatic rings. The zero-order valence-electron chi connectivity index (χ0n) is 7.95. The van der Waals surface area contributed by atoms with Gasteiger partial charge in [-0.2, -0.15) is 0 Å². The summed E-state index contributed by atoms with van der Waals surface area (Å²) in [6.45, 7) is 0. The molecule has 2 nitrogen and oxygen atoms in total. The first-order chi connectivity index (χ1) is 6.85. The first kappa shape index (κ1) is 8.75. The summed E-state index contributed by atoms with van der Waals surface area (Å²) in [4.78, 5) is 10.8. The molecular weight excluding hydrogens is 174 g/mol. The zero-order valence-corrected chi connectivity index (χ0v) is 7.95. The number of carbonyl (C=O) groups excluding carboxylic acids is 1. The van der Waals surface area contributed by atoms with Crippen molar-refractivity contribution in [3.63, 3.8) is 0 Å². The van der Waals surface area contributed by atoms with E-state index in [1.54, 1.807) is 0 Å². The van der Waals surface area contributed by atoms with Crippen molar-refractivity contribution >= 4 is 22.7 Å². The average Bonchev–Trinajstić information content (AvgIpc) is 2.27. The van der Waals surface area contributed by atoms with Crippen LogP contribution >= 0.6 is 0 Å². The van der Waals surface area contributed by atoms with Crippen molar-refractivity contribution < 1.29 is 4.79 Å². The van der Waals surface area contributed by atoms with E-state index in [-0.39, 0.29) is 0 Å². The lowest BCUT2D eigenvalue weighted by Crippen LogP contribution is -1.94. The number of benzene rings is 2. The minimum atomic E-state index is 0.700. The third-order valence-corrected chi connectivity index (χ3v) is 2.31. The third-order valence-electron chi connectivity index (χ3n) is 2.31. The van der Waals surface area contributed by atoms with Crippen LogP contribution in [0.3, 0.4) is 0 Å². The lowest BCUT2D eigenvalue weighted by atomic mass is 10.1. The summed E-state index contributed by atoms with van der Waals surface area (Å²) in [5.74, 6) is 0. The predicted octanol–water partition coefficient (Wildman–Crippen LogP) is 2.69. The van der Waals surface area contributed by atoms with Crippen molar-refractivity contribution in [3.8, 4) is 0 Å². The molecule has 0 amide bonds. The van der Waals surface area contributed by atoms with Crippen LogP contribution in [0.25, 0.3) is 10.8 Å². The van der Waals surface area contributed by atoms with Gasteiger partial charge >= 0.3 is 0 Å². The molecule has 0 saturated carbocycles. The highest BCUT2D eigenvalue weighted by atomic mass is 16.1. The molecule has 0 spiro atoms. The van der Waals surface area contributed by atoms with Gasteiger partial charge in [0.2, 0.25) is 0 Å².